The second kappa shape index (κ2) is 70.8. The van der Waals surface area contributed by atoms with Gasteiger partial charge >= 0.3 is 51.4 Å². The van der Waals surface area contributed by atoms with E-state index < -0.39 is 0 Å². The maximum atomic E-state index is 12.7. The van der Waals surface area contributed by atoms with Gasteiger partial charge in [0.1, 0.15) is 24.2 Å². The van der Waals surface area contributed by atoms with Gasteiger partial charge in [0, 0.05) is 83.2 Å². The van der Waals surface area contributed by atoms with E-state index in [-0.39, 0.29) is 127 Å². The van der Waals surface area contributed by atoms with Crippen LogP contribution in [0.1, 0.15) is 199 Å². The van der Waals surface area contributed by atoms with Crippen molar-refractivity contribution in [2.75, 3.05) is 114 Å². The Morgan fingerprint density at radius 1 is 0.511 bits per heavy atom. The molecule has 94 heavy (non-hydrogen) atoms. The predicted octanol–water partition coefficient (Wildman–Crippen LogP) is 13.7. The summed E-state index contributed by atoms with van der Waals surface area (Å²) < 4.78 is 52.0. The number of carbonyl (C=O) groups excluding carboxylic acids is 2. The van der Waals surface area contributed by atoms with E-state index in [4.69, 9.17) is 52.5 Å². The van der Waals surface area contributed by atoms with Crippen molar-refractivity contribution in [3.8, 4) is 11.5 Å². The summed E-state index contributed by atoms with van der Waals surface area (Å²) in [6.07, 6.45) is 22.6. The first-order valence-electron chi connectivity index (χ1n) is 31.8. The average Bonchev–Trinajstić information content (AvgIpc) is 1.80. The molecule has 0 bridgehead atoms. The Balaban J connectivity index is -0.000000294. The van der Waals surface area contributed by atoms with E-state index in [2.05, 4.69) is 27.0 Å². The largest absolute Gasteiger partial charge is 1.00 e. The van der Waals surface area contributed by atoms with Gasteiger partial charge in [-0.05, 0) is 137 Å². The molecule has 0 radical (unpaired) electrons. The van der Waals surface area contributed by atoms with Gasteiger partial charge in [-0.3, -0.25) is 9.59 Å². The Kier molecular flexibility index (Phi) is 76.5. The fourth-order valence-electron chi connectivity index (χ4n) is 8.68. The molecule has 6 unspecified atom stereocenters. The molecule has 6 atom stereocenters. The first-order chi connectivity index (χ1) is 42.6. The summed E-state index contributed by atoms with van der Waals surface area (Å²) in [6, 6.07) is 33.1. The van der Waals surface area contributed by atoms with Crippen LogP contribution in [0.4, 0.5) is 0 Å². The van der Waals surface area contributed by atoms with Crippen LogP contribution < -0.4 is 66.0 Å². The number of hydrogen-bond donors (Lipinski definition) is 2. The number of rotatable bonds is 43. The van der Waals surface area contributed by atoms with Crippen molar-refractivity contribution >= 4 is 11.6 Å². The van der Waals surface area contributed by atoms with Crippen molar-refractivity contribution < 1.29 is 124 Å². The molecule has 3 heterocycles. The summed E-state index contributed by atoms with van der Waals surface area (Å²) >= 11 is 0. The molecular weight excluding hydrogens is 1220 g/mol. The normalized spacial score (nSPS) is 14.7. The Bertz CT molecular complexity index is 2200. The van der Waals surface area contributed by atoms with Gasteiger partial charge in [0.25, 0.3) is 0 Å². The zero-order chi connectivity index (χ0) is 63.2. The number of benzene rings is 4. The summed E-state index contributed by atoms with van der Waals surface area (Å²) in [7, 11) is 5.14. The Hall–Kier alpha value is -3.50. The van der Waals surface area contributed by atoms with E-state index in [0.29, 0.717) is 85.2 Å². The first-order valence-corrected chi connectivity index (χ1v) is 31.8. The second-order valence-corrected chi connectivity index (χ2v) is 21.7. The maximum Gasteiger partial charge on any atom is 1.00 e. The summed E-state index contributed by atoms with van der Waals surface area (Å²) in [5.41, 5.74) is 2.70. The summed E-state index contributed by atoms with van der Waals surface area (Å²) in [4.78, 5) is 24.8. The maximum absolute atomic E-state index is 12.7. The predicted molar refractivity (Wildman–Crippen MR) is 385 cm³/mol. The van der Waals surface area contributed by atoms with Crippen molar-refractivity contribution in [1.29, 1.82) is 0 Å². The molecule has 0 spiro atoms. The van der Waals surface area contributed by atoms with Gasteiger partial charge in [-0.2, -0.15) is 0 Å². The molecule has 3 aliphatic rings. The van der Waals surface area contributed by atoms with Crippen molar-refractivity contribution in [2.24, 2.45) is 17.8 Å². The zero-order valence-electron chi connectivity index (χ0n) is 54.5. The quantitative estimate of drug-likeness (QED) is 0.0139. The third-order valence-corrected chi connectivity index (χ3v) is 14.3. The van der Waals surface area contributed by atoms with Gasteiger partial charge in [-0.15, -0.1) is 19.8 Å². The smallest absolute Gasteiger partial charge is 0.854 e. The van der Waals surface area contributed by atoms with Crippen LogP contribution in [0, 0.1) is 17.8 Å². The molecule has 3 aliphatic heterocycles. The number of ketones is 2. The van der Waals surface area contributed by atoms with Crippen molar-refractivity contribution in [2.45, 2.75) is 186 Å². The molecule has 2 N–H and O–H groups in total. The Morgan fingerprint density at radius 3 is 1.33 bits per heavy atom. The minimum Gasteiger partial charge on any atom is -0.854 e. The molecule has 0 aromatic heterocycles. The number of epoxide rings is 3. The van der Waals surface area contributed by atoms with Crippen molar-refractivity contribution in [3.63, 3.8) is 0 Å². The minimum absolute atomic E-state index is 0. The Morgan fingerprint density at radius 2 is 0.926 bits per heavy atom. The van der Waals surface area contributed by atoms with E-state index in [9.17, 15) is 19.8 Å². The van der Waals surface area contributed by atoms with E-state index in [1.165, 1.54) is 44.9 Å². The second-order valence-electron chi connectivity index (χ2n) is 21.7. The molecule has 3 saturated heterocycles. The summed E-state index contributed by atoms with van der Waals surface area (Å²) in [6.45, 7) is 20.7. The number of carbonyl (C=O) groups is 2. The van der Waals surface area contributed by atoms with Crippen LogP contribution in [0.3, 0.4) is 0 Å². The van der Waals surface area contributed by atoms with E-state index in [0.717, 1.165) is 122 Å². The van der Waals surface area contributed by atoms with Gasteiger partial charge in [0.05, 0.1) is 45.7 Å². The average molecular weight is 1350 g/mol. The number of unbranched alkanes of at least 4 members (excludes halogenated alkanes) is 5. The van der Waals surface area contributed by atoms with Crippen LogP contribution in [0.2, 0.25) is 0 Å². The zero-order valence-corrected chi connectivity index (χ0v) is 57.7. The van der Waals surface area contributed by atoms with Crippen molar-refractivity contribution in [1.82, 2.24) is 0 Å². The molecule has 4 aromatic carbocycles. The molecule has 16 heteroatoms. The molecule has 4 aromatic rings. The van der Waals surface area contributed by atoms with Gasteiger partial charge < -0.3 is 62.7 Å². The SMILES string of the molecule is C.C.C.C.C.C.C=CCOCC(CCCCOC)CCC(CC)CCC(CCCO)COc1ccc(C(=O)c2ccccc2)cc1.C=CCOCC1CO1.CCC1CO1.COCCCCCO.COCCCCC[O-].O=C(c1ccccc1)c1ccc(OC2CO2)cc1.[K+]. The van der Waals surface area contributed by atoms with Gasteiger partial charge in [0.15, 0.2) is 11.6 Å². The van der Waals surface area contributed by atoms with Crippen molar-refractivity contribution in [3.05, 3.63) is 157 Å². The molecule has 7 rings (SSSR count). The third kappa shape index (κ3) is 55.5. The molecule has 3 fully saturated rings. The first kappa shape index (κ1) is 102. The third-order valence-electron chi connectivity index (χ3n) is 14.3. The number of aliphatic hydroxyl groups excluding tert-OH is 2. The van der Waals surface area contributed by atoms with E-state index >= 15 is 0 Å². The fourth-order valence-corrected chi connectivity index (χ4v) is 8.68. The molecule has 536 valence electrons. The van der Waals surface area contributed by atoms with Crippen LogP contribution in [0.5, 0.6) is 11.5 Å². The number of methoxy groups -OCH3 is 3. The number of aliphatic hydroxyl groups is 2. The van der Waals surface area contributed by atoms with E-state index in [1.54, 1.807) is 51.7 Å². The Labute approximate surface area is 616 Å². The molecular formula is C78H133KO15. The van der Waals surface area contributed by atoms with E-state index in [1.807, 2.05) is 91.0 Å². The molecule has 0 amide bonds. The topological polar surface area (TPSA) is 200 Å². The molecule has 0 aliphatic carbocycles. The van der Waals surface area contributed by atoms with Gasteiger partial charge in [0.2, 0.25) is 6.29 Å². The van der Waals surface area contributed by atoms with Gasteiger partial charge in [-0.1, -0.05) is 170 Å². The van der Waals surface area contributed by atoms with Crippen LogP contribution in [0.25, 0.3) is 0 Å². The molecule has 15 nitrogen and oxygen atoms in total. The van der Waals surface area contributed by atoms with Crippen LogP contribution in [-0.4, -0.2) is 154 Å². The monoisotopic (exact) mass is 1350 g/mol. The number of ether oxygens (including phenoxy) is 10. The number of hydrogen-bond acceptors (Lipinski definition) is 15. The molecule has 0 saturated carbocycles. The van der Waals surface area contributed by atoms with Crippen LogP contribution in [0.15, 0.2) is 135 Å². The van der Waals surface area contributed by atoms with Crippen LogP contribution in [-0.2, 0) is 37.9 Å². The summed E-state index contributed by atoms with van der Waals surface area (Å²) in [5.74, 6) is 3.20. The summed E-state index contributed by atoms with van der Waals surface area (Å²) in [5, 5.41) is 27.6. The van der Waals surface area contributed by atoms with Gasteiger partial charge in [-0.25, -0.2) is 0 Å². The standard InChI is InChI=1S/C35H52O5.C15H12O3.C6H10O2.C6H14O2.C6H13O2.C4H8O.6CH4.K/c1-4-25-39-27-30(12-9-10-26-38-3)18-16-29(5-2)17-19-31(13-11-24-36)28-40-34-22-20-33(21-23-34)35(37)32-14-7-6-8-15-32;16-15(11-4-2-1-3-5-11)12-6-8-13(9-7-12)18-14-10-17-14;1-2-3-7-4-6-5-8-6;2*1-8-6-4-2-3-5-7;1-2-4-3-5-4;;;;;;;/h4,6-8,14-15,20-23,29-31,36H,1,5,9-13,16-19,24-28H2,2-3H3;1-9,14H,10H2;2,6H,1,3-5H2;7H,2-6H2,1H3;2-6H2,1H3;4H,2-3H2,1H3;6*1H4;/q;;;;-1;;;;;;;;+1. The van der Waals surface area contributed by atoms with Crippen LogP contribution >= 0.6 is 0 Å². The minimum atomic E-state index is -0.110. The fraction of sp³-hybridized carbons (Fsp3) is 0.615.